The number of nitrogens with two attached hydrogens (primary N) is 1. The molecule has 0 aromatic heterocycles. The minimum absolute atomic E-state index is 0.251. The number of carbonyl (C=O) groups is 1. The first-order chi connectivity index (χ1) is 14.8. The first-order valence-electron chi connectivity index (χ1n) is 9.44. The molecule has 3 aromatic carbocycles. The number of benzene rings is 3. The highest BCUT2D eigenvalue weighted by Crippen LogP contribution is 2.44. The summed E-state index contributed by atoms with van der Waals surface area (Å²) in [6, 6.07) is 19.4. The predicted molar refractivity (Wildman–Crippen MR) is 115 cm³/mol. The Kier molecular flexibility index (Phi) is 5.79. The average molecular weight is 444 g/mol. The van der Waals surface area contributed by atoms with E-state index in [0.29, 0.717) is 0 Å². The van der Waals surface area contributed by atoms with Crippen molar-refractivity contribution in [3.63, 3.8) is 0 Å². The van der Waals surface area contributed by atoms with E-state index in [1.165, 1.54) is 12.1 Å². The second-order valence-electron chi connectivity index (χ2n) is 6.95. The Balaban J connectivity index is 1.36. The molecule has 5 nitrogen and oxygen atoms in total. The molecule has 2 amide bonds. The molecule has 1 atom stereocenters. The van der Waals surface area contributed by atoms with Crippen molar-refractivity contribution in [3.05, 3.63) is 89.5 Å². The van der Waals surface area contributed by atoms with Crippen molar-refractivity contribution in [2.75, 3.05) is 9.62 Å². The molecule has 0 bridgehead atoms. The smallest absolute Gasteiger partial charge is 0.334 e. The summed E-state index contributed by atoms with van der Waals surface area (Å²) < 4.78 is 39.9. The summed E-state index contributed by atoms with van der Waals surface area (Å²) in [6.07, 6.45) is -4.68. The van der Waals surface area contributed by atoms with Crippen LogP contribution in [0.4, 0.5) is 29.3 Å². The number of alkyl halides is 3. The maximum Gasteiger partial charge on any atom is 0.416 e. The summed E-state index contributed by atoms with van der Waals surface area (Å²) in [7, 11) is 0. The van der Waals surface area contributed by atoms with Gasteiger partial charge in [-0.2, -0.15) is 13.2 Å². The highest BCUT2D eigenvalue weighted by molar-refractivity contribution is 8.01. The van der Waals surface area contributed by atoms with E-state index >= 15 is 0 Å². The van der Waals surface area contributed by atoms with Crippen LogP contribution in [0.2, 0.25) is 0 Å². The number of nitrogens with one attached hydrogen (secondary N) is 2. The highest BCUT2D eigenvalue weighted by Gasteiger charge is 2.30. The Morgan fingerprint density at radius 3 is 2.48 bits per heavy atom. The van der Waals surface area contributed by atoms with E-state index in [9.17, 15) is 18.0 Å². The number of fused-ring (bicyclic) bond motifs is 1. The third kappa shape index (κ3) is 4.78. The second kappa shape index (κ2) is 8.52. The van der Waals surface area contributed by atoms with Gasteiger partial charge in [-0.15, -0.1) is 0 Å². The van der Waals surface area contributed by atoms with Crippen LogP contribution in [0.5, 0.6) is 0 Å². The highest BCUT2D eigenvalue weighted by atomic mass is 32.2. The Hall–Kier alpha value is -3.17. The number of anilines is 2. The Labute approximate surface area is 181 Å². The molecule has 0 radical (unpaired) electrons. The van der Waals surface area contributed by atoms with Gasteiger partial charge in [-0.1, -0.05) is 30.3 Å². The van der Waals surface area contributed by atoms with E-state index < -0.39 is 17.8 Å². The maximum absolute atomic E-state index is 12.6. The number of amides is 2. The molecular formula is C22H19F3N4OS. The standard InChI is InChI=1S/C22H19F3N4OS/c23-22(24,25)15-8-10-16(11-9-15)28-21(30)27-13-14-4-3-5-17(12-14)29-20(26)18-6-1-2-7-19(18)31-29/h1-12,20H,13,26H2,(H2,27,28,30). The molecule has 160 valence electrons. The van der Waals surface area contributed by atoms with Gasteiger partial charge in [-0.3, -0.25) is 4.31 Å². The number of urea groups is 1. The lowest BCUT2D eigenvalue weighted by Crippen LogP contribution is -2.28. The summed E-state index contributed by atoms with van der Waals surface area (Å²) in [5, 5.41) is 5.24. The molecule has 1 aliphatic rings. The van der Waals surface area contributed by atoms with Gasteiger partial charge < -0.3 is 16.4 Å². The van der Waals surface area contributed by atoms with E-state index in [1.54, 1.807) is 11.9 Å². The number of carbonyl (C=O) groups excluding carboxylic acids is 1. The molecular weight excluding hydrogens is 425 g/mol. The molecule has 1 aliphatic heterocycles. The van der Waals surface area contributed by atoms with Crippen molar-refractivity contribution in [1.29, 1.82) is 0 Å². The topological polar surface area (TPSA) is 70.4 Å². The lowest BCUT2D eigenvalue weighted by molar-refractivity contribution is -0.137. The molecule has 0 spiro atoms. The zero-order valence-corrected chi connectivity index (χ0v) is 17.0. The van der Waals surface area contributed by atoms with Gasteiger partial charge in [0.05, 0.1) is 5.56 Å². The van der Waals surface area contributed by atoms with E-state index in [0.717, 1.165) is 33.8 Å². The van der Waals surface area contributed by atoms with Crippen LogP contribution in [0, 0.1) is 0 Å². The van der Waals surface area contributed by atoms with Crippen molar-refractivity contribution in [2.24, 2.45) is 5.73 Å². The fourth-order valence-corrected chi connectivity index (χ4v) is 4.31. The van der Waals surface area contributed by atoms with Crippen LogP contribution in [0.3, 0.4) is 0 Å². The third-order valence-electron chi connectivity index (χ3n) is 4.78. The molecule has 31 heavy (non-hydrogen) atoms. The molecule has 4 rings (SSSR count). The van der Waals surface area contributed by atoms with Crippen LogP contribution in [0.15, 0.2) is 77.7 Å². The number of hydrogen-bond acceptors (Lipinski definition) is 4. The molecule has 0 saturated carbocycles. The molecule has 0 fully saturated rings. The zero-order valence-electron chi connectivity index (χ0n) is 16.2. The van der Waals surface area contributed by atoms with E-state index in [4.69, 9.17) is 5.73 Å². The van der Waals surface area contributed by atoms with Crippen LogP contribution in [0.25, 0.3) is 0 Å². The molecule has 1 heterocycles. The van der Waals surface area contributed by atoms with Gasteiger partial charge in [0.25, 0.3) is 0 Å². The number of nitrogens with zero attached hydrogens (tertiary/aromatic N) is 1. The van der Waals surface area contributed by atoms with Crippen LogP contribution >= 0.6 is 11.9 Å². The summed E-state index contributed by atoms with van der Waals surface area (Å²) >= 11 is 1.56. The summed E-state index contributed by atoms with van der Waals surface area (Å²) in [6.45, 7) is 0.251. The molecule has 9 heteroatoms. The average Bonchev–Trinajstić information content (AvgIpc) is 3.09. The van der Waals surface area contributed by atoms with Crippen molar-refractivity contribution >= 4 is 29.4 Å². The first-order valence-corrected chi connectivity index (χ1v) is 10.2. The Morgan fingerprint density at radius 2 is 1.77 bits per heavy atom. The molecule has 1 unspecified atom stereocenters. The van der Waals surface area contributed by atoms with Crippen LogP contribution in [-0.4, -0.2) is 6.03 Å². The molecule has 4 N–H and O–H groups in total. The quantitative estimate of drug-likeness (QED) is 0.464. The summed E-state index contributed by atoms with van der Waals surface area (Å²) in [5.41, 5.74) is 8.72. The van der Waals surface area contributed by atoms with Crippen molar-refractivity contribution in [2.45, 2.75) is 23.8 Å². The fraction of sp³-hybridized carbons (Fsp3) is 0.136. The minimum atomic E-state index is -4.41. The lowest BCUT2D eigenvalue weighted by atomic mass is 10.1. The van der Waals surface area contributed by atoms with Gasteiger partial charge in [0.15, 0.2) is 0 Å². The molecule has 0 saturated heterocycles. The summed E-state index contributed by atoms with van der Waals surface area (Å²) in [4.78, 5) is 13.2. The van der Waals surface area contributed by atoms with Gasteiger partial charge in [-0.05, 0) is 60.0 Å². The second-order valence-corrected chi connectivity index (χ2v) is 7.97. The summed E-state index contributed by atoms with van der Waals surface area (Å²) in [5.74, 6) is 0. The first kappa shape index (κ1) is 21.1. The van der Waals surface area contributed by atoms with Crippen molar-refractivity contribution < 1.29 is 18.0 Å². The molecule has 3 aromatic rings. The maximum atomic E-state index is 12.6. The SMILES string of the molecule is NC1c2ccccc2SN1c1cccc(CNC(=O)Nc2ccc(C(F)(F)F)cc2)c1. The van der Waals surface area contributed by atoms with Crippen LogP contribution in [-0.2, 0) is 12.7 Å². The van der Waals surface area contributed by atoms with Crippen molar-refractivity contribution in [3.8, 4) is 0 Å². The van der Waals surface area contributed by atoms with Crippen LogP contribution < -0.4 is 20.7 Å². The Morgan fingerprint density at radius 1 is 1.03 bits per heavy atom. The minimum Gasteiger partial charge on any atom is -0.334 e. The van der Waals surface area contributed by atoms with E-state index in [-0.39, 0.29) is 18.4 Å². The van der Waals surface area contributed by atoms with E-state index in [1.807, 2.05) is 52.8 Å². The fourth-order valence-electron chi connectivity index (χ4n) is 3.21. The van der Waals surface area contributed by atoms with Crippen molar-refractivity contribution in [1.82, 2.24) is 5.32 Å². The van der Waals surface area contributed by atoms with Crippen LogP contribution in [0.1, 0.15) is 22.9 Å². The van der Waals surface area contributed by atoms with E-state index in [2.05, 4.69) is 10.6 Å². The largest absolute Gasteiger partial charge is 0.416 e. The Bertz CT molecular complexity index is 1090. The molecule has 0 aliphatic carbocycles. The van der Waals surface area contributed by atoms with Gasteiger partial charge in [0.2, 0.25) is 0 Å². The normalized spacial score (nSPS) is 15.5. The lowest BCUT2D eigenvalue weighted by Gasteiger charge is -2.22. The number of rotatable bonds is 4. The third-order valence-corrected chi connectivity index (χ3v) is 5.98. The van der Waals surface area contributed by atoms with Gasteiger partial charge in [0, 0.05) is 28.4 Å². The number of halogens is 3. The predicted octanol–water partition coefficient (Wildman–Crippen LogP) is 5.51. The van der Waals surface area contributed by atoms with Gasteiger partial charge in [-0.25, -0.2) is 4.79 Å². The zero-order chi connectivity index (χ0) is 22.0. The number of hydrogen-bond donors (Lipinski definition) is 3. The monoisotopic (exact) mass is 444 g/mol. The van der Waals surface area contributed by atoms with Gasteiger partial charge >= 0.3 is 12.2 Å². The van der Waals surface area contributed by atoms with Gasteiger partial charge in [0.1, 0.15) is 6.17 Å².